The Labute approximate surface area is 64.5 Å². The molecule has 1 heteroatoms. The molecule has 0 fully saturated rings. The van der Waals surface area contributed by atoms with E-state index in [1.807, 2.05) is 0 Å². The Bertz CT molecular complexity index is 88.7. The third kappa shape index (κ3) is 2.30. The average Bonchev–Trinajstić information content (AvgIpc) is 1.88. The van der Waals surface area contributed by atoms with E-state index in [4.69, 9.17) is 0 Å². The lowest BCUT2D eigenvalue weighted by atomic mass is 9.84. The molecule has 0 aromatic rings. The van der Waals surface area contributed by atoms with Gasteiger partial charge in [-0.15, -0.1) is 0 Å². The van der Waals surface area contributed by atoms with Crippen molar-refractivity contribution in [1.29, 1.82) is 0 Å². The smallest absolute Gasteiger partial charge is 0.0667 e. The van der Waals surface area contributed by atoms with Crippen LogP contribution in [0.25, 0.3) is 0 Å². The fraction of sp³-hybridized carbons (Fsp3) is 1.00. The highest BCUT2D eigenvalue weighted by molar-refractivity contribution is 4.79. The van der Waals surface area contributed by atoms with E-state index in [-0.39, 0.29) is 0 Å². The molecule has 0 saturated carbocycles. The SMILES string of the molecule is CCCC(O)(CC)C(C)C. The van der Waals surface area contributed by atoms with E-state index in [0.717, 1.165) is 19.3 Å². The average molecular weight is 144 g/mol. The summed E-state index contributed by atoms with van der Waals surface area (Å²) in [5.74, 6) is 0.387. The second-order valence-electron chi connectivity index (χ2n) is 3.36. The van der Waals surface area contributed by atoms with Gasteiger partial charge in [-0.1, -0.05) is 34.1 Å². The van der Waals surface area contributed by atoms with Gasteiger partial charge in [-0.3, -0.25) is 0 Å². The van der Waals surface area contributed by atoms with E-state index in [1.165, 1.54) is 0 Å². The van der Waals surface area contributed by atoms with Crippen molar-refractivity contribution < 1.29 is 5.11 Å². The van der Waals surface area contributed by atoms with Crippen LogP contribution in [-0.2, 0) is 0 Å². The minimum absolute atomic E-state index is 0.387. The maximum absolute atomic E-state index is 9.90. The largest absolute Gasteiger partial charge is 0.390 e. The molecule has 10 heavy (non-hydrogen) atoms. The molecule has 0 aliphatic carbocycles. The van der Waals surface area contributed by atoms with Crippen molar-refractivity contribution in [2.24, 2.45) is 5.92 Å². The molecule has 0 saturated heterocycles. The van der Waals surface area contributed by atoms with Gasteiger partial charge in [0.1, 0.15) is 0 Å². The van der Waals surface area contributed by atoms with Crippen molar-refractivity contribution in [3.63, 3.8) is 0 Å². The molecule has 0 aliphatic heterocycles. The molecule has 0 bridgehead atoms. The van der Waals surface area contributed by atoms with Gasteiger partial charge < -0.3 is 5.11 Å². The van der Waals surface area contributed by atoms with Crippen molar-refractivity contribution in [2.45, 2.75) is 52.6 Å². The summed E-state index contributed by atoms with van der Waals surface area (Å²) in [7, 11) is 0. The second kappa shape index (κ2) is 3.97. The van der Waals surface area contributed by atoms with Gasteiger partial charge in [-0.05, 0) is 18.8 Å². The maximum Gasteiger partial charge on any atom is 0.0667 e. The van der Waals surface area contributed by atoms with Crippen LogP contribution >= 0.6 is 0 Å². The molecule has 0 spiro atoms. The number of hydrogen-bond donors (Lipinski definition) is 1. The summed E-state index contributed by atoms with van der Waals surface area (Å²) >= 11 is 0. The number of rotatable bonds is 4. The fourth-order valence-electron chi connectivity index (χ4n) is 1.31. The van der Waals surface area contributed by atoms with Gasteiger partial charge in [-0.2, -0.15) is 0 Å². The third-order valence-electron chi connectivity index (χ3n) is 2.37. The summed E-state index contributed by atoms with van der Waals surface area (Å²) in [5.41, 5.74) is -0.408. The summed E-state index contributed by atoms with van der Waals surface area (Å²) in [6, 6.07) is 0. The first-order valence-electron chi connectivity index (χ1n) is 4.29. The van der Waals surface area contributed by atoms with Crippen LogP contribution in [0.3, 0.4) is 0 Å². The quantitative estimate of drug-likeness (QED) is 0.643. The van der Waals surface area contributed by atoms with Gasteiger partial charge in [0.2, 0.25) is 0 Å². The van der Waals surface area contributed by atoms with Crippen molar-refractivity contribution in [2.75, 3.05) is 0 Å². The Morgan fingerprint density at radius 1 is 1.30 bits per heavy atom. The zero-order valence-corrected chi connectivity index (χ0v) is 7.65. The molecule has 1 N–H and O–H groups in total. The van der Waals surface area contributed by atoms with Gasteiger partial charge in [0, 0.05) is 0 Å². The highest BCUT2D eigenvalue weighted by Gasteiger charge is 2.26. The molecule has 0 radical (unpaired) electrons. The first kappa shape index (κ1) is 9.96. The number of aliphatic hydroxyl groups is 1. The van der Waals surface area contributed by atoms with Crippen LogP contribution in [0.2, 0.25) is 0 Å². The molecular weight excluding hydrogens is 124 g/mol. The van der Waals surface area contributed by atoms with E-state index < -0.39 is 5.60 Å². The normalized spacial score (nSPS) is 17.4. The molecule has 1 nitrogen and oxygen atoms in total. The van der Waals surface area contributed by atoms with Crippen molar-refractivity contribution in [3.8, 4) is 0 Å². The van der Waals surface area contributed by atoms with Gasteiger partial charge in [-0.25, -0.2) is 0 Å². The Morgan fingerprint density at radius 3 is 1.90 bits per heavy atom. The highest BCUT2D eigenvalue weighted by Crippen LogP contribution is 2.25. The Morgan fingerprint density at radius 2 is 1.80 bits per heavy atom. The van der Waals surface area contributed by atoms with E-state index in [1.54, 1.807) is 0 Å². The first-order valence-corrected chi connectivity index (χ1v) is 4.29. The third-order valence-corrected chi connectivity index (χ3v) is 2.37. The van der Waals surface area contributed by atoms with Gasteiger partial charge >= 0.3 is 0 Å². The van der Waals surface area contributed by atoms with Gasteiger partial charge in [0.25, 0.3) is 0 Å². The molecule has 0 aliphatic rings. The molecule has 0 aromatic carbocycles. The summed E-state index contributed by atoms with van der Waals surface area (Å²) in [5, 5.41) is 9.90. The minimum Gasteiger partial charge on any atom is -0.390 e. The zero-order valence-electron chi connectivity index (χ0n) is 7.65. The van der Waals surface area contributed by atoms with Crippen LogP contribution in [0.4, 0.5) is 0 Å². The topological polar surface area (TPSA) is 20.2 Å². The summed E-state index contributed by atoms with van der Waals surface area (Å²) in [4.78, 5) is 0. The predicted octanol–water partition coefficient (Wildman–Crippen LogP) is 2.58. The first-order chi connectivity index (χ1) is 4.56. The lowest BCUT2D eigenvalue weighted by molar-refractivity contribution is -0.0170. The van der Waals surface area contributed by atoms with Crippen molar-refractivity contribution in [1.82, 2.24) is 0 Å². The second-order valence-corrected chi connectivity index (χ2v) is 3.36. The van der Waals surface area contributed by atoms with E-state index in [9.17, 15) is 5.11 Å². The maximum atomic E-state index is 9.90. The summed E-state index contributed by atoms with van der Waals surface area (Å²) in [6.07, 6.45) is 2.88. The molecule has 1 unspecified atom stereocenters. The van der Waals surface area contributed by atoms with E-state index in [0.29, 0.717) is 5.92 Å². The fourth-order valence-corrected chi connectivity index (χ4v) is 1.31. The van der Waals surface area contributed by atoms with Crippen LogP contribution < -0.4 is 0 Å². The Kier molecular flexibility index (Phi) is 3.95. The summed E-state index contributed by atoms with van der Waals surface area (Å²) < 4.78 is 0. The molecule has 0 amide bonds. The van der Waals surface area contributed by atoms with E-state index in [2.05, 4.69) is 27.7 Å². The lowest BCUT2D eigenvalue weighted by Crippen LogP contribution is -2.33. The molecule has 1 atom stereocenters. The molecule has 62 valence electrons. The van der Waals surface area contributed by atoms with Gasteiger partial charge in [0.05, 0.1) is 5.60 Å². The van der Waals surface area contributed by atoms with Crippen molar-refractivity contribution >= 4 is 0 Å². The molecule has 0 aromatic heterocycles. The lowest BCUT2D eigenvalue weighted by Gasteiger charge is -2.30. The van der Waals surface area contributed by atoms with E-state index >= 15 is 0 Å². The standard InChI is InChI=1S/C9H20O/c1-5-7-9(10,6-2)8(3)4/h8,10H,5-7H2,1-4H3. The molecule has 0 heterocycles. The highest BCUT2D eigenvalue weighted by atomic mass is 16.3. The van der Waals surface area contributed by atoms with Crippen molar-refractivity contribution in [3.05, 3.63) is 0 Å². The molecule has 0 rings (SSSR count). The van der Waals surface area contributed by atoms with Gasteiger partial charge in [0.15, 0.2) is 0 Å². The monoisotopic (exact) mass is 144 g/mol. The Hall–Kier alpha value is -0.0400. The van der Waals surface area contributed by atoms with Crippen LogP contribution in [0, 0.1) is 5.92 Å². The Balaban J connectivity index is 3.94. The predicted molar refractivity (Wildman–Crippen MR) is 45.0 cm³/mol. The zero-order chi connectivity index (χ0) is 8.20. The minimum atomic E-state index is -0.408. The van der Waals surface area contributed by atoms with Crippen LogP contribution in [0.1, 0.15) is 47.0 Å². The summed E-state index contributed by atoms with van der Waals surface area (Å²) in [6.45, 7) is 8.33. The van der Waals surface area contributed by atoms with Crippen LogP contribution in [0.5, 0.6) is 0 Å². The number of hydrogen-bond acceptors (Lipinski definition) is 1. The molecular formula is C9H20O. The van der Waals surface area contributed by atoms with Crippen LogP contribution in [0.15, 0.2) is 0 Å². The van der Waals surface area contributed by atoms with Crippen LogP contribution in [-0.4, -0.2) is 10.7 Å².